The predicted octanol–water partition coefficient (Wildman–Crippen LogP) is 1.50. The number of sulfone groups is 1. The molecule has 1 saturated carbocycles. The molecule has 6 heteroatoms. The van der Waals surface area contributed by atoms with Crippen molar-refractivity contribution in [3.8, 4) is 0 Å². The Morgan fingerprint density at radius 1 is 1.44 bits per heavy atom. The van der Waals surface area contributed by atoms with Crippen LogP contribution in [0.4, 0.5) is 5.69 Å². The van der Waals surface area contributed by atoms with Crippen molar-refractivity contribution >= 4 is 15.5 Å². The van der Waals surface area contributed by atoms with E-state index in [2.05, 4.69) is 0 Å². The highest BCUT2D eigenvalue weighted by molar-refractivity contribution is 7.91. The van der Waals surface area contributed by atoms with Crippen LogP contribution in [0.5, 0.6) is 0 Å². The van der Waals surface area contributed by atoms with Crippen LogP contribution in [0.3, 0.4) is 0 Å². The van der Waals surface area contributed by atoms with Gasteiger partial charge in [-0.05, 0) is 12.0 Å². The molecule has 1 aliphatic carbocycles. The summed E-state index contributed by atoms with van der Waals surface area (Å²) in [7, 11) is -3.03. The van der Waals surface area contributed by atoms with E-state index in [-0.39, 0.29) is 16.9 Å². The highest BCUT2D eigenvalue weighted by Gasteiger charge is 2.46. The van der Waals surface area contributed by atoms with Gasteiger partial charge in [-0.3, -0.25) is 10.1 Å². The van der Waals surface area contributed by atoms with Gasteiger partial charge < -0.3 is 0 Å². The lowest BCUT2D eigenvalue weighted by Crippen LogP contribution is -2.05. The number of rotatable bonds is 3. The zero-order valence-corrected chi connectivity index (χ0v) is 9.48. The first-order valence-electron chi connectivity index (χ1n) is 4.83. The molecule has 0 spiro atoms. The Bertz CT molecular complexity index is 538. The summed E-state index contributed by atoms with van der Waals surface area (Å²) in [5, 5.41) is 10.2. The molecule has 0 aromatic heterocycles. The molecule has 0 saturated heterocycles. The van der Waals surface area contributed by atoms with E-state index in [0.29, 0.717) is 6.42 Å². The number of benzene rings is 1. The number of hydrogen-bond donors (Lipinski definition) is 0. The smallest absolute Gasteiger partial charge is 0.258 e. The van der Waals surface area contributed by atoms with Crippen molar-refractivity contribution in [3.05, 3.63) is 39.9 Å². The zero-order valence-electron chi connectivity index (χ0n) is 8.66. The van der Waals surface area contributed by atoms with Crippen molar-refractivity contribution in [2.45, 2.75) is 17.6 Å². The average molecular weight is 241 g/mol. The number of nitrogens with zero attached hydrogens (tertiary/aromatic N) is 1. The molecule has 2 atom stereocenters. The normalized spacial score (nSPS) is 24.1. The van der Waals surface area contributed by atoms with Gasteiger partial charge in [-0.2, -0.15) is 0 Å². The standard InChI is InChI=1S/C10H11NO4S/c1-16(14,15)10-6-9(10)7-3-2-4-8(5-7)11(12)13/h2-5,9-10H,6H2,1H3/t9-,10-/m1/s1. The highest BCUT2D eigenvalue weighted by Crippen LogP contribution is 2.46. The number of hydrogen-bond acceptors (Lipinski definition) is 4. The minimum Gasteiger partial charge on any atom is -0.258 e. The molecule has 0 bridgehead atoms. The summed E-state index contributed by atoms with van der Waals surface area (Å²) in [6.07, 6.45) is 1.77. The molecular weight excluding hydrogens is 230 g/mol. The molecule has 1 aromatic rings. The first-order valence-corrected chi connectivity index (χ1v) is 6.78. The van der Waals surface area contributed by atoms with Gasteiger partial charge in [-0.1, -0.05) is 12.1 Å². The SMILES string of the molecule is CS(=O)(=O)[C@@H]1C[C@@H]1c1cccc([N+](=O)[O-])c1. The Morgan fingerprint density at radius 3 is 2.62 bits per heavy atom. The Hall–Kier alpha value is -1.43. The van der Waals surface area contributed by atoms with Crippen LogP contribution < -0.4 is 0 Å². The lowest BCUT2D eigenvalue weighted by atomic mass is 10.1. The van der Waals surface area contributed by atoms with Crippen LogP contribution in [0.15, 0.2) is 24.3 Å². The number of non-ortho nitro benzene ring substituents is 1. The summed E-state index contributed by atoms with van der Waals surface area (Å²) in [6, 6.07) is 6.19. The third-order valence-electron chi connectivity index (χ3n) is 2.79. The Balaban J connectivity index is 2.25. The fourth-order valence-corrected chi connectivity index (χ4v) is 3.18. The van der Waals surface area contributed by atoms with E-state index in [9.17, 15) is 18.5 Å². The highest BCUT2D eigenvalue weighted by atomic mass is 32.2. The second-order valence-electron chi connectivity index (χ2n) is 4.06. The van der Waals surface area contributed by atoms with Gasteiger partial charge in [0, 0.05) is 24.3 Å². The summed E-state index contributed by atoms with van der Waals surface area (Å²) in [4.78, 5) is 10.1. The van der Waals surface area contributed by atoms with E-state index in [0.717, 1.165) is 5.56 Å². The molecule has 0 aliphatic heterocycles. The lowest BCUT2D eigenvalue weighted by molar-refractivity contribution is -0.384. The van der Waals surface area contributed by atoms with Crippen LogP contribution in [0.25, 0.3) is 0 Å². The van der Waals surface area contributed by atoms with Gasteiger partial charge in [0.2, 0.25) is 0 Å². The molecule has 0 amide bonds. The molecule has 1 aliphatic rings. The molecule has 0 N–H and O–H groups in total. The molecule has 16 heavy (non-hydrogen) atoms. The molecule has 86 valence electrons. The van der Waals surface area contributed by atoms with E-state index in [1.165, 1.54) is 18.4 Å². The minimum atomic E-state index is -3.03. The van der Waals surface area contributed by atoms with Gasteiger partial charge in [0.1, 0.15) is 0 Å². The van der Waals surface area contributed by atoms with Crippen LogP contribution in [0.1, 0.15) is 17.9 Å². The summed E-state index contributed by atoms with van der Waals surface area (Å²) in [5.41, 5.74) is 0.751. The van der Waals surface area contributed by atoms with E-state index in [1.807, 2.05) is 0 Å². The van der Waals surface area contributed by atoms with Crippen LogP contribution in [0.2, 0.25) is 0 Å². The maximum absolute atomic E-state index is 11.3. The molecule has 1 aromatic carbocycles. The van der Waals surface area contributed by atoms with Crippen molar-refractivity contribution in [2.75, 3.05) is 6.26 Å². The molecule has 1 fully saturated rings. The quantitative estimate of drug-likeness (QED) is 0.593. The van der Waals surface area contributed by atoms with E-state index in [4.69, 9.17) is 0 Å². The zero-order chi connectivity index (χ0) is 11.9. The van der Waals surface area contributed by atoms with E-state index in [1.54, 1.807) is 12.1 Å². The van der Waals surface area contributed by atoms with Crippen molar-refractivity contribution in [2.24, 2.45) is 0 Å². The Morgan fingerprint density at radius 2 is 2.12 bits per heavy atom. The maximum Gasteiger partial charge on any atom is 0.269 e. The molecule has 2 rings (SSSR count). The third kappa shape index (κ3) is 2.06. The average Bonchev–Trinajstić information content (AvgIpc) is 2.96. The third-order valence-corrected chi connectivity index (χ3v) is 4.41. The maximum atomic E-state index is 11.3. The molecule has 0 heterocycles. The minimum absolute atomic E-state index is 0.0108. The molecule has 5 nitrogen and oxygen atoms in total. The van der Waals surface area contributed by atoms with Gasteiger partial charge in [0.15, 0.2) is 9.84 Å². The summed E-state index contributed by atoms with van der Waals surface area (Å²) < 4.78 is 22.5. The monoisotopic (exact) mass is 241 g/mol. The molecule has 0 unspecified atom stereocenters. The largest absolute Gasteiger partial charge is 0.269 e. The Labute approximate surface area is 93.2 Å². The van der Waals surface area contributed by atoms with Gasteiger partial charge >= 0.3 is 0 Å². The number of nitro benzene ring substituents is 1. The van der Waals surface area contributed by atoms with Crippen LogP contribution in [-0.2, 0) is 9.84 Å². The summed E-state index contributed by atoms with van der Waals surface area (Å²) in [6.45, 7) is 0. The van der Waals surface area contributed by atoms with Gasteiger partial charge in [0.05, 0.1) is 10.2 Å². The van der Waals surface area contributed by atoms with Crippen molar-refractivity contribution in [3.63, 3.8) is 0 Å². The van der Waals surface area contributed by atoms with Crippen molar-refractivity contribution in [1.82, 2.24) is 0 Å². The molecular formula is C10H11NO4S. The van der Waals surface area contributed by atoms with E-state index < -0.39 is 14.8 Å². The fraction of sp³-hybridized carbons (Fsp3) is 0.400. The fourth-order valence-electron chi connectivity index (χ4n) is 1.86. The van der Waals surface area contributed by atoms with Crippen LogP contribution >= 0.6 is 0 Å². The lowest BCUT2D eigenvalue weighted by Gasteiger charge is -1.99. The van der Waals surface area contributed by atoms with Crippen molar-refractivity contribution in [1.29, 1.82) is 0 Å². The Kier molecular flexibility index (Phi) is 2.46. The topological polar surface area (TPSA) is 77.3 Å². The van der Waals surface area contributed by atoms with Crippen molar-refractivity contribution < 1.29 is 13.3 Å². The second kappa shape index (κ2) is 3.55. The van der Waals surface area contributed by atoms with Crippen LogP contribution in [0, 0.1) is 10.1 Å². The number of nitro groups is 1. The first-order chi connectivity index (χ1) is 7.39. The van der Waals surface area contributed by atoms with Crippen LogP contribution in [-0.4, -0.2) is 24.8 Å². The van der Waals surface area contributed by atoms with Gasteiger partial charge in [-0.25, -0.2) is 8.42 Å². The molecule has 0 radical (unpaired) electrons. The summed E-state index contributed by atoms with van der Waals surface area (Å²) >= 11 is 0. The van der Waals surface area contributed by atoms with Gasteiger partial charge in [-0.15, -0.1) is 0 Å². The van der Waals surface area contributed by atoms with Gasteiger partial charge in [0.25, 0.3) is 5.69 Å². The van der Waals surface area contributed by atoms with E-state index >= 15 is 0 Å². The second-order valence-corrected chi connectivity index (χ2v) is 6.33. The predicted molar refractivity (Wildman–Crippen MR) is 59.1 cm³/mol. The first kappa shape index (κ1) is 11.1. The summed E-state index contributed by atoms with van der Waals surface area (Å²) in [5.74, 6) is -0.0742.